The van der Waals surface area contributed by atoms with Gasteiger partial charge in [0, 0.05) is 23.3 Å². The van der Waals surface area contributed by atoms with Crippen LogP contribution in [0, 0.1) is 10.1 Å². The molecule has 0 aromatic heterocycles. The van der Waals surface area contributed by atoms with Gasteiger partial charge >= 0.3 is 5.97 Å². The van der Waals surface area contributed by atoms with Crippen LogP contribution in [0.3, 0.4) is 0 Å². The maximum atomic E-state index is 13.1. The Kier molecular flexibility index (Phi) is 8.09. The first-order valence-electron chi connectivity index (χ1n) is 11.1. The van der Waals surface area contributed by atoms with Crippen LogP contribution in [0.25, 0.3) is 6.08 Å². The van der Waals surface area contributed by atoms with E-state index in [-0.39, 0.29) is 5.69 Å². The lowest BCUT2D eigenvalue weighted by Crippen LogP contribution is -2.31. The second-order valence-electron chi connectivity index (χ2n) is 8.75. The van der Waals surface area contributed by atoms with Gasteiger partial charge in [-0.1, -0.05) is 72.8 Å². The molecule has 3 aromatic rings. The predicted molar refractivity (Wildman–Crippen MR) is 135 cm³/mol. The van der Waals surface area contributed by atoms with Crippen molar-refractivity contribution < 1.29 is 14.5 Å². The molecule has 174 valence electrons. The first-order valence-corrected chi connectivity index (χ1v) is 11.1. The maximum absolute atomic E-state index is 13.1. The van der Waals surface area contributed by atoms with Gasteiger partial charge in [-0.2, -0.15) is 0 Å². The molecule has 0 fully saturated rings. The van der Waals surface area contributed by atoms with Crippen LogP contribution in [0.2, 0.25) is 0 Å². The number of carbonyl (C=O) groups is 1. The minimum Gasteiger partial charge on any atom is -0.458 e. The molecule has 0 radical (unpaired) electrons. The van der Waals surface area contributed by atoms with Crippen molar-refractivity contribution in [2.75, 3.05) is 0 Å². The standard InChI is InChI=1S/C28H28N2O4/c1-28(2,3)34-27(31)25(16-10-11-21-17-19-24(20-18-21)30(32)33)29-26(22-12-6-4-7-13-22)23-14-8-5-9-15-23/h4-15,17-20,25H,16H2,1-3H3/b11-10+/t25-/m0/s1. The highest BCUT2D eigenvalue weighted by molar-refractivity contribution is 6.13. The molecule has 0 heterocycles. The fourth-order valence-corrected chi connectivity index (χ4v) is 3.28. The summed E-state index contributed by atoms with van der Waals surface area (Å²) in [5, 5.41) is 10.9. The predicted octanol–water partition coefficient (Wildman–Crippen LogP) is 6.25. The number of benzene rings is 3. The highest BCUT2D eigenvalue weighted by Gasteiger charge is 2.25. The van der Waals surface area contributed by atoms with Crippen LogP contribution in [-0.4, -0.2) is 28.2 Å². The molecule has 6 heteroatoms. The quantitative estimate of drug-likeness (QED) is 0.174. The van der Waals surface area contributed by atoms with E-state index in [1.165, 1.54) is 12.1 Å². The van der Waals surface area contributed by atoms with Gasteiger partial charge in [0.1, 0.15) is 5.60 Å². The minimum absolute atomic E-state index is 0.0312. The van der Waals surface area contributed by atoms with E-state index in [1.807, 2.05) is 93.6 Å². The minimum atomic E-state index is -0.760. The topological polar surface area (TPSA) is 81.8 Å². The second kappa shape index (κ2) is 11.2. The van der Waals surface area contributed by atoms with Crippen molar-refractivity contribution >= 4 is 23.4 Å². The molecule has 0 aliphatic carbocycles. The Labute approximate surface area is 199 Å². The fraction of sp³-hybridized carbons (Fsp3) is 0.214. The molecule has 3 rings (SSSR count). The van der Waals surface area contributed by atoms with Crippen LogP contribution in [0.4, 0.5) is 5.69 Å². The summed E-state index contributed by atoms with van der Waals surface area (Å²) in [4.78, 5) is 28.4. The zero-order valence-corrected chi connectivity index (χ0v) is 19.5. The van der Waals surface area contributed by atoms with Crippen molar-refractivity contribution in [2.45, 2.75) is 38.8 Å². The monoisotopic (exact) mass is 456 g/mol. The van der Waals surface area contributed by atoms with Gasteiger partial charge in [-0.25, -0.2) is 4.79 Å². The van der Waals surface area contributed by atoms with Crippen LogP contribution in [0.5, 0.6) is 0 Å². The van der Waals surface area contributed by atoms with E-state index in [1.54, 1.807) is 12.1 Å². The highest BCUT2D eigenvalue weighted by Crippen LogP contribution is 2.18. The number of hydrogen-bond acceptors (Lipinski definition) is 5. The van der Waals surface area contributed by atoms with Crippen LogP contribution >= 0.6 is 0 Å². The van der Waals surface area contributed by atoms with Crippen LogP contribution in [0.1, 0.15) is 43.9 Å². The molecular weight excluding hydrogens is 428 g/mol. The van der Waals surface area contributed by atoms with Crippen LogP contribution in [0.15, 0.2) is 96.0 Å². The Morgan fingerprint density at radius 1 is 0.941 bits per heavy atom. The number of nitrogens with zero attached hydrogens (tertiary/aromatic N) is 2. The summed E-state index contributed by atoms with van der Waals surface area (Å²) in [6.45, 7) is 5.48. The Bertz CT molecular complexity index is 1120. The number of carbonyl (C=O) groups excluding carboxylic acids is 1. The van der Waals surface area contributed by atoms with E-state index in [0.717, 1.165) is 16.7 Å². The van der Waals surface area contributed by atoms with Gasteiger partial charge < -0.3 is 4.74 Å². The number of rotatable bonds is 8. The Morgan fingerprint density at radius 3 is 1.94 bits per heavy atom. The van der Waals surface area contributed by atoms with E-state index in [9.17, 15) is 14.9 Å². The molecule has 0 bridgehead atoms. The molecule has 0 unspecified atom stereocenters. The molecule has 0 aliphatic rings. The highest BCUT2D eigenvalue weighted by atomic mass is 16.6. The molecule has 0 aliphatic heterocycles. The summed E-state index contributed by atoms with van der Waals surface area (Å²) >= 11 is 0. The lowest BCUT2D eigenvalue weighted by atomic mass is 10.0. The zero-order valence-electron chi connectivity index (χ0n) is 19.5. The summed E-state index contributed by atoms with van der Waals surface area (Å²) in [6, 6.07) is 24.9. The largest absolute Gasteiger partial charge is 0.458 e. The Balaban J connectivity index is 1.94. The Morgan fingerprint density at radius 2 is 1.47 bits per heavy atom. The molecule has 0 spiro atoms. The first-order chi connectivity index (χ1) is 16.2. The lowest BCUT2D eigenvalue weighted by Gasteiger charge is -2.22. The summed E-state index contributed by atoms with van der Waals surface area (Å²) in [7, 11) is 0. The molecule has 0 saturated carbocycles. The van der Waals surface area contributed by atoms with E-state index in [0.29, 0.717) is 12.1 Å². The molecule has 1 atom stereocenters. The van der Waals surface area contributed by atoms with Gasteiger partial charge in [0.2, 0.25) is 0 Å². The molecule has 6 nitrogen and oxygen atoms in total. The van der Waals surface area contributed by atoms with E-state index >= 15 is 0 Å². The number of aliphatic imine (C=N–C) groups is 1. The summed E-state index contributed by atoms with van der Waals surface area (Å²) in [5.41, 5.74) is 2.70. The van der Waals surface area contributed by atoms with Gasteiger partial charge in [0.15, 0.2) is 6.04 Å². The van der Waals surface area contributed by atoms with Crippen molar-refractivity contribution in [2.24, 2.45) is 4.99 Å². The number of nitro benzene ring substituents is 1. The summed E-state index contributed by atoms with van der Waals surface area (Å²) < 4.78 is 5.66. The average Bonchev–Trinajstić information content (AvgIpc) is 2.81. The lowest BCUT2D eigenvalue weighted by molar-refractivity contribution is -0.384. The summed E-state index contributed by atoms with van der Waals surface area (Å²) in [5.74, 6) is -0.412. The van der Waals surface area contributed by atoms with Gasteiger partial charge in [-0.3, -0.25) is 15.1 Å². The number of non-ortho nitro benzene ring substituents is 1. The molecule has 34 heavy (non-hydrogen) atoms. The second-order valence-corrected chi connectivity index (χ2v) is 8.75. The van der Waals surface area contributed by atoms with Crippen molar-refractivity contribution in [3.05, 3.63) is 118 Å². The van der Waals surface area contributed by atoms with E-state index in [2.05, 4.69) is 0 Å². The normalized spacial score (nSPS) is 12.2. The van der Waals surface area contributed by atoms with Crippen LogP contribution in [-0.2, 0) is 9.53 Å². The van der Waals surface area contributed by atoms with Crippen molar-refractivity contribution in [3.8, 4) is 0 Å². The van der Waals surface area contributed by atoms with Crippen molar-refractivity contribution in [1.29, 1.82) is 0 Å². The van der Waals surface area contributed by atoms with Gasteiger partial charge in [-0.15, -0.1) is 0 Å². The third-order valence-electron chi connectivity index (χ3n) is 4.83. The first kappa shape index (κ1) is 24.6. The van der Waals surface area contributed by atoms with Gasteiger partial charge in [0.05, 0.1) is 10.6 Å². The molecule has 3 aromatic carbocycles. The van der Waals surface area contributed by atoms with E-state index in [4.69, 9.17) is 9.73 Å². The van der Waals surface area contributed by atoms with Crippen molar-refractivity contribution in [1.82, 2.24) is 0 Å². The molecule has 0 amide bonds. The fourth-order valence-electron chi connectivity index (χ4n) is 3.28. The molecule has 0 saturated heterocycles. The SMILES string of the molecule is CC(C)(C)OC(=O)[C@H](C/C=C/c1ccc([N+](=O)[O-])cc1)N=C(c1ccccc1)c1ccccc1. The third-order valence-corrected chi connectivity index (χ3v) is 4.83. The van der Waals surface area contributed by atoms with Gasteiger partial charge in [0.25, 0.3) is 5.69 Å². The summed E-state index contributed by atoms with van der Waals surface area (Å²) in [6.07, 6.45) is 3.98. The van der Waals surface area contributed by atoms with Crippen LogP contribution < -0.4 is 0 Å². The number of nitro groups is 1. The number of esters is 1. The molecular formula is C28H28N2O4. The van der Waals surface area contributed by atoms with E-state index < -0.39 is 22.5 Å². The average molecular weight is 457 g/mol. The smallest absolute Gasteiger partial charge is 0.331 e. The third kappa shape index (κ3) is 7.24. The zero-order chi connectivity index (χ0) is 24.6. The Hall–Kier alpha value is -4.06. The maximum Gasteiger partial charge on any atom is 0.331 e. The van der Waals surface area contributed by atoms with Gasteiger partial charge in [-0.05, 0) is 44.9 Å². The number of ether oxygens (including phenoxy) is 1. The number of hydrogen-bond donors (Lipinski definition) is 0. The molecule has 0 N–H and O–H groups in total. The van der Waals surface area contributed by atoms with Crippen molar-refractivity contribution in [3.63, 3.8) is 0 Å².